The molecule has 1 N–H and O–H groups in total. The van der Waals surface area contributed by atoms with E-state index in [4.69, 9.17) is 0 Å². The van der Waals surface area contributed by atoms with Crippen LogP contribution in [0.5, 0.6) is 0 Å². The molecule has 0 aliphatic carbocycles. The normalized spacial score (nSPS) is 26.0. The molecule has 2 unspecified atom stereocenters. The summed E-state index contributed by atoms with van der Waals surface area (Å²) in [5, 5.41) is 9.25. The zero-order valence-electron chi connectivity index (χ0n) is 8.76. The first-order valence-corrected chi connectivity index (χ1v) is 5.15. The van der Waals surface area contributed by atoms with Gasteiger partial charge in [-0.05, 0) is 5.56 Å². The van der Waals surface area contributed by atoms with Crippen molar-refractivity contribution in [3.63, 3.8) is 0 Å². The molecule has 3 heteroatoms. The van der Waals surface area contributed by atoms with Gasteiger partial charge in [0.2, 0.25) is 5.91 Å². The summed E-state index contributed by atoms with van der Waals surface area (Å²) in [6.07, 6.45) is 0.451. The Hall–Kier alpha value is -1.35. The Morgan fingerprint density at radius 2 is 2.07 bits per heavy atom. The van der Waals surface area contributed by atoms with Gasteiger partial charge >= 0.3 is 0 Å². The van der Waals surface area contributed by atoms with E-state index in [9.17, 15) is 9.90 Å². The second-order valence-corrected chi connectivity index (χ2v) is 4.01. The lowest BCUT2D eigenvalue weighted by molar-refractivity contribution is -0.127. The number of aliphatic hydroxyl groups excluding tert-OH is 1. The second kappa shape index (κ2) is 4.03. The summed E-state index contributed by atoms with van der Waals surface area (Å²) >= 11 is 0. The molecule has 1 aromatic carbocycles. The Bertz CT molecular complexity index is 350. The maximum Gasteiger partial charge on any atom is 0.223 e. The quantitative estimate of drug-likeness (QED) is 0.788. The third kappa shape index (κ3) is 1.75. The van der Waals surface area contributed by atoms with Crippen LogP contribution in [0.25, 0.3) is 0 Å². The van der Waals surface area contributed by atoms with Crippen LogP contribution in [0.1, 0.15) is 18.0 Å². The lowest BCUT2D eigenvalue weighted by atomic mass is 9.94. The molecule has 1 heterocycles. The summed E-state index contributed by atoms with van der Waals surface area (Å²) < 4.78 is 0. The molecule has 1 fully saturated rings. The largest absolute Gasteiger partial charge is 0.396 e. The Kier molecular flexibility index (Phi) is 2.73. The van der Waals surface area contributed by atoms with E-state index in [2.05, 4.69) is 0 Å². The molecule has 1 aromatic rings. The molecule has 2 atom stereocenters. The van der Waals surface area contributed by atoms with Gasteiger partial charge in [0.05, 0.1) is 6.04 Å². The summed E-state index contributed by atoms with van der Waals surface area (Å²) in [4.78, 5) is 13.3. The minimum absolute atomic E-state index is 0.0312. The zero-order chi connectivity index (χ0) is 10.8. The molecule has 1 aliphatic rings. The van der Waals surface area contributed by atoms with Crippen LogP contribution in [0.15, 0.2) is 30.3 Å². The molecule has 15 heavy (non-hydrogen) atoms. The maximum absolute atomic E-state index is 11.5. The topological polar surface area (TPSA) is 40.5 Å². The summed E-state index contributed by atoms with van der Waals surface area (Å²) in [7, 11) is 1.80. The summed E-state index contributed by atoms with van der Waals surface area (Å²) in [5.74, 6) is 0.146. The predicted octanol–water partition coefficient (Wildman–Crippen LogP) is 1.20. The molecule has 0 saturated carbocycles. The van der Waals surface area contributed by atoms with E-state index in [1.54, 1.807) is 11.9 Å². The molecule has 1 saturated heterocycles. The van der Waals surface area contributed by atoms with Gasteiger partial charge in [-0.1, -0.05) is 30.3 Å². The van der Waals surface area contributed by atoms with Crippen LogP contribution in [0, 0.1) is 5.92 Å². The standard InChI is InChI=1S/C12H15NO2/c1-13-11(15)7-10(8-14)12(13)9-5-3-2-4-6-9/h2-6,10,12,14H,7-8H2,1H3. The Morgan fingerprint density at radius 1 is 1.40 bits per heavy atom. The van der Waals surface area contributed by atoms with Crippen molar-refractivity contribution < 1.29 is 9.90 Å². The fourth-order valence-corrected chi connectivity index (χ4v) is 2.26. The highest BCUT2D eigenvalue weighted by molar-refractivity contribution is 5.79. The van der Waals surface area contributed by atoms with Crippen molar-refractivity contribution in [3.05, 3.63) is 35.9 Å². The number of amides is 1. The number of aliphatic hydroxyl groups is 1. The molecular formula is C12H15NO2. The van der Waals surface area contributed by atoms with Crippen LogP contribution in [0.2, 0.25) is 0 Å². The van der Waals surface area contributed by atoms with Gasteiger partial charge in [-0.15, -0.1) is 0 Å². The van der Waals surface area contributed by atoms with Crippen molar-refractivity contribution in [2.24, 2.45) is 5.92 Å². The molecule has 1 amide bonds. The number of likely N-dealkylation sites (tertiary alicyclic amines) is 1. The molecule has 0 bridgehead atoms. The number of carbonyl (C=O) groups excluding carboxylic acids is 1. The SMILES string of the molecule is CN1C(=O)CC(CO)C1c1ccccc1. The van der Waals surface area contributed by atoms with E-state index >= 15 is 0 Å². The molecule has 80 valence electrons. The van der Waals surface area contributed by atoms with Crippen LogP contribution in [0.4, 0.5) is 0 Å². The fraction of sp³-hybridized carbons (Fsp3) is 0.417. The number of rotatable bonds is 2. The molecule has 1 aliphatic heterocycles. The van der Waals surface area contributed by atoms with E-state index < -0.39 is 0 Å². The smallest absolute Gasteiger partial charge is 0.223 e. The Morgan fingerprint density at radius 3 is 2.67 bits per heavy atom. The van der Waals surface area contributed by atoms with Crippen LogP contribution in [0.3, 0.4) is 0 Å². The highest BCUT2D eigenvalue weighted by Crippen LogP contribution is 2.36. The van der Waals surface area contributed by atoms with E-state index in [0.29, 0.717) is 6.42 Å². The van der Waals surface area contributed by atoms with Gasteiger partial charge in [0.15, 0.2) is 0 Å². The monoisotopic (exact) mass is 205 g/mol. The van der Waals surface area contributed by atoms with Crippen molar-refractivity contribution in [2.75, 3.05) is 13.7 Å². The maximum atomic E-state index is 11.5. The average molecular weight is 205 g/mol. The molecule has 0 aromatic heterocycles. The first kappa shape index (κ1) is 10.2. The molecule has 0 radical (unpaired) electrons. The predicted molar refractivity (Wildman–Crippen MR) is 57.1 cm³/mol. The van der Waals surface area contributed by atoms with Crippen LogP contribution >= 0.6 is 0 Å². The number of hydrogen-bond donors (Lipinski definition) is 1. The summed E-state index contributed by atoms with van der Waals surface area (Å²) in [6, 6.07) is 9.91. The van der Waals surface area contributed by atoms with E-state index in [1.807, 2.05) is 30.3 Å². The lowest BCUT2D eigenvalue weighted by Crippen LogP contribution is -2.25. The van der Waals surface area contributed by atoms with Crippen LogP contribution in [-0.2, 0) is 4.79 Å². The van der Waals surface area contributed by atoms with Crippen molar-refractivity contribution in [1.82, 2.24) is 4.90 Å². The molecular weight excluding hydrogens is 190 g/mol. The van der Waals surface area contributed by atoms with Crippen molar-refractivity contribution in [3.8, 4) is 0 Å². The fourth-order valence-electron chi connectivity index (χ4n) is 2.26. The van der Waals surface area contributed by atoms with E-state index in [0.717, 1.165) is 5.56 Å². The highest BCUT2D eigenvalue weighted by Gasteiger charge is 2.37. The molecule has 2 rings (SSSR count). The summed E-state index contributed by atoms with van der Waals surface area (Å²) in [5.41, 5.74) is 1.10. The van der Waals surface area contributed by atoms with Crippen molar-refractivity contribution in [2.45, 2.75) is 12.5 Å². The van der Waals surface area contributed by atoms with Gasteiger partial charge in [-0.3, -0.25) is 4.79 Å². The van der Waals surface area contributed by atoms with Crippen LogP contribution in [-0.4, -0.2) is 29.6 Å². The first-order chi connectivity index (χ1) is 7.24. The van der Waals surface area contributed by atoms with Gasteiger partial charge in [-0.2, -0.15) is 0 Å². The number of nitrogens with zero attached hydrogens (tertiary/aromatic N) is 1. The van der Waals surface area contributed by atoms with Crippen molar-refractivity contribution >= 4 is 5.91 Å². The lowest BCUT2D eigenvalue weighted by Gasteiger charge is -2.24. The highest BCUT2D eigenvalue weighted by atomic mass is 16.3. The minimum atomic E-state index is 0.0312. The number of carbonyl (C=O) groups is 1. The third-order valence-corrected chi connectivity index (χ3v) is 3.07. The minimum Gasteiger partial charge on any atom is -0.396 e. The third-order valence-electron chi connectivity index (χ3n) is 3.07. The zero-order valence-corrected chi connectivity index (χ0v) is 8.76. The van der Waals surface area contributed by atoms with E-state index in [-0.39, 0.29) is 24.5 Å². The summed E-state index contributed by atoms with van der Waals surface area (Å²) in [6.45, 7) is 0.0651. The molecule has 0 spiro atoms. The van der Waals surface area contributed by atoms with Gasteiger partial charge < -0.3 is 10.0 Å². The van der Waals surface area contributed by atoms with Crippen LogP contribution < -0.4 is 0 Å². The Balaban J connectivity index is 2.30. The van der Waals surface area contributed by atoms with Crippen molar-refractivity contribution in [1.29, 1.82) is 0 Å². The van der Waals surface area contributed by atoms with Gasteiger partial charge in [0, 0.05) is 26.0 Å². The molecule has 3 nitrogen and oxygen atoms in total. The average Bonchev–Trinajstić information content (AvgIpc) is 2.56. The van der Waals surface area contributed by atoms with Gasteiger partial charge in [0.1, 0.15) is 0 Å². The number of benzene rings is 1. The van der Waals surface area contributed by atoms with E-state index in [1.165, 1.54) is 0 Å². The second-order valence-electron chi connectivity index (χ2n) is 4.01. The first-order valence-electron chi connectivity index (χ1n) is 5.15. The van der Waals surface area contributed by atoms with Gasteiger partial charge in [-0.25, -0.2) is 0 Å². The number of hydrogen-bond acceptors (Lipinski definition) is 2. The van der Waals surface area contributed by atoms with Gasteiger partial charge in [0.25, 0.3) is 0 Å². The Labute approximate surface area is 89.3 Å².